The first-order valence-corrected chi connectivity index (χ1v) is 7.58. The molecule has 0 fully saturated rings. The second kappa shape index (κ2) is 9.13. The summed E-state index contributed by atoms with van der Waals surface area (Å²) in [4.78, 5) is 27.5. The zero-order chi connectivity index (χ0) is 20.8. The van der Waals surface area contributed by atoms with Crippen molar-refractivity contribution in [3.63, 3.8) is 0 Å². The molecule has 11 heteroatoms. The summed E-state index contributed by atoms with van der Waals surface area (Å²) in [7, 11) is 1.26. The van der Waals surface area contributed by atoms with Crippen LogP contribution in [0.3, 0.4) is 0 Å². The maximum absolute atomic E-state index is 13.8. The normalized spacial score (nSPS) is 11.6. The summed E-state index contributed by atoms with van der Waals surface area (Å²) in [5.41, 5.74) is 1.56. The maximum Gasteiger partial charge on any atom is 0.410 e. The fourth-order valence-electron chi connectivity index (χ4n) is 2.06. The van der Waals surface area contributed by atoms with Crippen molar-refractivity contribution in [2.75, 3.05) is 7.11 Å². The summed E-state index contributed by atoms with van der Waals surface area (Å²) < 4.78 is 70.6. The molecule has 0 bridgehead atoms. The van der Waals surface area contributed by atoms with Gasteiger partial charge in [-0.15, -0.1) is 0 Å². The van der Waals surface area contributed by atoms with E-state index in [2.05, 4.69) is 20.4 Å². The minimum Gasteiger partial charge on any atom is -0.410 e. The van der Waals surface area contributed by atoms with Gasteiger partial charge in [0.2, 0.25) is 0 Å². The molecular formula is C17H13F5N2O4. The molecule has 0 aliphatic heterocycles. The number of benzene rings is 2. The van der Waals surface area contributed by atoms with Crippen LogP contribution in [0.5, 0.6) is 0 Å². The predicted molar refractivity (Wildman–Crippen MR) is 84.4 cm³/mol. The Morgan fingerprint density at radius 2 is 1.68 bits per heavy atom. The van der Waals surface area contributed by atoms with E-state index in [0.717, 1.165) is 0 Å². The first-order valence-electron chi connectivity index (χ1n) is 7.58. The summed E-state index contributed by atoms with van der Waals surface area (Å²) in [6.07, 6.45) is -4.23. The van der Waals surface area contributed by atoms with Crippen LogP contribution in [0.2, 0.25) is 0 Å². The molecule has 2 rings (SSSR count). The van der Waals surface area contributed by atoms with E-state index in [1.807, 2.05) is 0 Å². The highest BCUT2D eigenvalue weighted by Gasteiger charge is 2.26. The Bertz CT molecular complexity index is 877. The molecule has 0 spiro atoms. The monoisotopic (exact) mass is 404 g/mol. The second-order valence-electron chi connectivity index (χ2n) is 5.30. The fourth-order valence-corrected chi connectivity index (χ4v) is 2.06. The van der Waals surface area contributed by atoms with E-state index in [4.69, 9.17) is 0 Å². The number of carbonyl (C=O) groups is 2. The van der Waals surface area contributed by atoms with Gasteiger partial charge in [0.15, 0.2) is 23.3 Å². The van der Waals surface area contributed by atoms with Crippen molar-refractivity contribution in [1.29, 1.82) is 0 Å². The van der Waals surface area contributed by atoms with Crippen LogP contribution < -0.4 is 10.8 Å². The molecule has 1 unspecified atom stereocenters. The van der Waals surface area contributed by atoms with Gasteiger partial charge in [-0.05, 0) is 23.8 Å². The van der Waals surface area contributed by atoms with E-state index >= 15 is 0 Å². The molecule has 0 saturated heterocycles. The van der Waals surface area contributed by atoms with Crippen LogP contribution in [-0.4, -0.2) is 19.1 Å². The minimum absolute atomic E-state index is 0.0511. The van der Waals surface area contributed by atoms with Gasteiger partial charge >= 0.3 is 6.09 Å². The molecule has 6 nitrogen and oxygen atoms in total. The van der Waals surface area contributed by atoms with Crippen LogP contribution in [-0.2, 0) is 16.1 Å². The second-order valence-corrected chi connectivity index (χ2v) is 5.30. The van der Waals surface area contributed by atoms with Crippen molar-refractivity contribution in [2.24, 2.45) is 0 Å². The maximum atomic E-state index is 13.8. The molecule has 28 heavy (non-hydrogen) atoms. The van der Waals surface area contributed by atoms with Crippen LogP contribution in [0, 0.1) is 23.3 Å². The van der Waals surface area contributed by atoms with Crippen molar-refractivity contribution in [3.8, 4) is 0 Å². The lowest BCUT2D eigenvalue weighted by molar-refractivity contribution is 0.00918. The largest absolute Gasteiger partial charge is 0.410 e. The van der Waals surface area contributed by atoms with Crippen molar-refractivity contribution < 1.29 is 41.1 Å². The van der Waals surface area contributed by atoms with Gasteiger partial charge in [-0.1, -0.05) is 12.1 Å². The summed E-state index contributed by atoms with van der Waals surface area (Å²) in [6, 6.07) is 5.85. The number of hydrogen-bond donors (Lipinski definition) is 2. The van der Waals surface area contributed by atoms with Crippen molar-refractivity contribution >= 4 is 12.0 Å². The molecule has 1 atom stereocenters. The lowest BCUT2D eigenvalue weighted by Gasteiger charge is -2.13. The average molecular weight is 404 g/mol. The molecule has 2 N–H and O–H groups in total. The quantitative estimate of drug-likeness (QED) is 0.335. The summed E-state index contributed by atoms with van der Waals surface area (Å²) in [6.45, 7) is -0.160. The van der Waals surface area contributed by atoms with E-state index in [1.165, 1.54) is 31.4 Å². The Labute approximate surface area is 155 Å². The SMILES string of the molecule is CONC(=O)c1ccc(CNC(=O)OC(F)c2cc(F)c(F)c(F)c2F)cc1. The molecule has 0 saturated carbocycles. The average Bonchev–Trinajstić information content (AvgIpc) is 2.68. The van der Waals surface area contributed by atoms with Crippen LogP contribution in [0.15, 0.2) is 30.3 Å². The number of alkyl halides is 1. The van der Waals surface area contributed by atoms with E-state index < -0.39 is 47.2 Å². The van der Waals surface area contributed by atoms with E-state index in [1.54, 1.807) is 0 Å². The molecule has 0 radical (unpaired) electrons. The van der Waals surface area contributed by atoms with Gasteiger partial charge in [0, 0.05) is 12.1 Å². The number of ether oxygens (including phenoxy) is 1. The summed E-state index contributed by atoms with van der Waals surface area (Å²) in [5, 5.41) is 2.12. The molecular weight excluding hydrogens is 391 g/mol. The smallest absolute Gasteiger partial charge is 0.410 e. The Morgan fingerprint density at radius 1 is 1.04 bits per heavy atom. The van der Waals surface area contributed by atoms with Crippen molar-refractivity contribution in [1.82, 2.24) is 10.8 Å². The number of halogens is 5. The van der Waals surface area contributed by atoms with Gasteiger partial charge in [-0.2, -0.15) is 4.39 Å². The van der Waals surface area contributed by atoms with Gasteiger partial charge in [0.05, 0.1) is 12.7 Å². The molecule has 2 amide bonds. The Hall–Kier alpha value is -3.21. The van der Waals surface area contributed by atoms with Crippen LogP contribution in [0.25, 0.3) is 0 Å². The molecule has 2 aromatic rings. The predicted octanol–water partition coefficient (Wildman–Crippen LogP) is 3.43. The molecule has 0 aliphatic rings. The van der Waals surface area contributed by atoms with Gasteiger partial charge in [-0.3, -0.25) is 9.63 Å². The fraction of sp³-hybridized carbons (Fsp3) is 0.176. The van der Waals surface area contributed by atoms with Crippen molar-refractivity contribution in [2.45, 2.75) is 12.9 Å². The summed E-state index contributed by atoms with van der Waals surface area (Å²) >= 11 is 0. The zero-order valence-electron chi connectivity index (χ0n) is 14.2. The van der Waals surface area contributed by atoms with Gasteiger partial charge in [-0.25, -0.2) is 27.8 Å². The molecule has 0 heterocycles. The topological polar surface area (TPSA) is 76.7 Å². The Kier molecular flexibility index (Phi) is 6.88. The first-order chi connectivity index (χ1) is 13.2. The first kappa shape index (κ1) is 21.1. The summed E-state index contributed by atoms with van der Waals surface area (Å²) in [5.74, 6) is -8.68. The standard InChI is InChI=1S/C17H13F5N2O4/c1-27-24-16(25)9-4-2-8(3-5-9)7-23-17(26)28-15(22)10-6-11(18)13(20)14(21)12(10)19/h2-6,15H,7H2,1H3,(H,23,26)(H,24,25). The molecule has 0 aliphatic carbocycles. The Morgan fingerprint density at radius 3 is 2.29 bits per heavy atom. The third-order valence-corrected chi connectivity index (χ3v) is 3.43. The van der Waals surface area contributed by atoms with Crippen LogP contribution >= 0.6 is 0 Å². The van der Waals surface area contributed by atoms with Crippen LogP contribution in [0.1, 0.15) is 27.8 Å². The molecule has 150 valence electrons. The lowest BCUT2D eigenvalue weighted by atomic mass is 10.1. The molecule has 2 aromatic carbocycles. The van der Waals surface area contributed by atoms with Crippen LogP contribution in [0.4, 0.5) is 26.7 Å². The lowest BCUT2D eigenvalue weighted by Crippen LogP contribution is -2.25. The van der Waals surface area contributed by atoms with E-state index in [9.17, 15) is 31.5 Å². The molecule has 0 aromatic heterocycles. The number of hydroxylamine groups is 1. The number of hydrogen-bond acceptors (Lipinski definition) is 4. The number of amides is 2. The van der Waals surface area contributed by atoms with Crippen molar-refractivity contribution in [3.05, 3.63) is 70.3 Å². The third-order valence-electron chi connectivity index (χ3n) is 3.43. The Balaban J connectivity index is 1.95. The zero-order valence-corrected chi connectivity index (χ0v) is 14.2. The highest BCUT2D eigenvalue weighted by molar-refractivity contribution is 5.93. The van der Waals surface area contributed by atoms with Gasteiger partial charge < -0.3 is 10.1 Å². The van der Waals surface area contributed by atoms with E-state index in [0.29, 0.717) is 5.56 Å². The van der Waals surface area contributed by atoms with Gasteiger partial charge in [0.25, 0.3) is 12.3 Å². The minimum atomic E-state index is -2.87. The van der Waals surface area contributed by atoms with E-state index in [-0.39, 0.29) is 18.2 Å². The van der Waals surface area contributed by atoms with Gasteiger partial charge in [0.1, 0.15) is 0 Å². The number of alkyl carbamates (subject to hydrolysis) is 1. The number of rotatable bonds is 6. The number of nitrogens with one attached hydrogen (secondary N) is 2. The highest BCUT2D eigenvalue weighted by Crippen LogP contribution is 2.27. The number of carbonyl (C=O) groups excluding carboxylic acids is 2. The highest BCUT2D eigenvalue weighted by atomic mass is 19.2. The third kappa shape index (κ3) is 4.94.